The van der Waals surface area contributed by atoms with Gasteiger partial charge >= 0.3 is 0 Å². The average molecular weight is 376 g/mol. The first-order valence-electron chi connectivity index (χ1n) is 9.35. The molecule has 1 aliphatic heterocycles. The van der Waals surface area contributed by atoms with Crippen LogP contribution in [0.25, 0.3) is 21.1 Å². The van der Waals surface area contributed by atoms with Gasteiger partial charge < -0.3 is 4.98 Å². The van der Waals surface area contributed by atoms with Gasteiger partial charge in [-0.05, 0) is 43.7 Å². The van der Waals surface area contributed by atoms with Gasteiger partial charge in [0, 0.05) is 0 Å². The summed E-state index contributed by atoms with van der Waals surface area (Å²) < 4.78 is 1.23. The number of thiazole rings is 1. The van der Waals surface area contributed by atoms with Crippen molar-refractivity contribution in [2.24, 2.45) is 0 Å². The first-order chi connectivity index (χ1) is 13.3. The summed E-state index contributed by atoms with van der Waals surface area (Å²) in [5, 5.41) is 1.81. The molecule has 1 saturated heterocycles. The fraction of sp³-hybridized carbons (Fsp3) is 0.286. The quantitative estimate of drug-likeness (QED) is 0.580. The van der Waals surface area contributed by atoms with Crippen LogP contribution in [0.1, 0.15) is 36.1 Å². The van der Waals surface area contributed by atoms with E-state index < -0.39 is 0 Å². The molecule has 2 aromatic heterocycles. The molecule has 0 bridgehead atoms. The van der Waals surface area contributed by atoms with Crippen LogP contribution in [-0.4, -0.2) is 26.4 Å². The highest BCUT2D eigenvalue weighted by Gasteiger charge is 2.27. The number of nitrogens with zero attached hydrogens (tertiary/aromatic N) is 3. The second-order valence-corrected chi connectivity index (χ2v) is 8.09. The minimum absolute atomic E-state index is 0.0656. The summed E-state index contributed by atoms with van der Waals surface area (Å²) >= 11 is 1.78. The van der Waals surface area contributed by atoms with Gasteiger partial charge in [-0.3, -0.25) is 9.69 Å². The maximum atomic E-state index is 12.4. The van der Waals surface area contributed by atoms with Crippen molar-refractivity contribution in [3.63, 3.8) is 0 Å². The molecule has 1 unspecified atom stereocenters. The molecule has 3 heterocycles. The van der Waals surface area contributed by atoms with E-state index in [0.717, 1.165) is 29.8 Å². The van der Waals surface area contributed by atoms with Crippen LogP contribution in [0.4, 0.5) is 0 Å². The molecule has 0 amide bonds. The molecule has 0 saturated carbocycles. The second kappa shape index (κ2) is 6.87. The molecule has 136 valence electrons. The van der Waals surface area contributed by atoms with Gasteiger partial charge in [0.15, 0.2) is 0 Å². The normalized spacial score (nSPS) is 18.3. The van der Waals surface area contributed by atoms with Gasteiger partial charge in [0.25, 0.3) is 5.56 Å². The van der Waals surface area contributed by atoms with Crippen molar-refractivity contribution in [2.75, 3.05) is 6.54 Å². The number of likely N-dealkylation sites (tertiary alicyclic amines) is 1. The van der Waals surface area contributed by atoms with Crippen LogP contribution in [0.3, 0.4) is 0 Å². The van der Waals surface area contributed by atoms with Crippen molar-refractivity contribution in [1.82, 2.24) is 19.9 Å². The molecular formula is C21H20N4OS. The van der Waals surface area contributed by atoms with E-state index in [0.29, 0.717) is 11.9 Å². The van der Waals surface area contributed by atoms with Gasteiger partial charge in [-0.1, -0.05) is 30.7 Å². The average Bonchev–Trinajstić information content (AvgIpc) is 3.12. The molecule has 4 aromatic rings. The smallest absolute Gasteiger partial charge is 0.258 e. The first-order valence-corrected chi connectivity index (χ1v) is 10.2. The Morgan fingerprint density at radius 3 is 2.74 bits per heavy atom. The number of piperidine rings is 1. The molecule has 0 spiro atoms. The van der Waals surface area contributed by atoms with Gasteiger partial charge in [-0.25, -0.2) is 9.97 Å². The predicted molar refractivity (Wildman–Crippen MR) is 109 cm³/mol. The summed E-state index contributed by atoms with van der Waals surface area (Å²) in [6.07, 6.45) is 3.47. The maximum absolute atomic E-state index is 12.4. The lowest BCUT2D eigenvalue weighted by atomic mass is 10.0. The number of fused-ring (bicyclic) bond motifs is 2. The predicted octanol–water partition coefficient (Wildman–Crippen LogP) is 4.26. The third-order valence-corrected chi connectivity index (χ3v) is 6.36. The number of hydrogen-bond acceptors (Lipinski definition) is 5. The topological polar surface area (TPSA) is 61.9 Å². The Balaban J connectivity index is 1.48. The third kappa shape index (κ3) is 3.15. The van der Waals surface area contributed by atoms with Crippen LogP contribution in [0, 0.1) is 0 Å². The van der Waals surface area contributed by atoms with Crippen LogP contribution in [0.15, 0.2) is 53.3 Å². The molecule has 1 aliphatic rings. The van der Waals surface area contributed by atoms with Gasteiger partial charge in [-0.15, -0.1) is 11.3 Å². The van der Waals surface area contributed by atoms with Crippen LogP contribution >= 0.6 is 11.3 Å². The van der Waals surface area contributed by atoms with E-state index >= 15 is 0 Å². The summed E-state index contributed by atoms with van der Waals surface area (Å²) in [5.74, 6) is 0.728. The number of benzene rings is 2. The molecule has 1 atom stereocenters. The Morgan fingerprint density at radius 2 is 1.85 bits per heavy atom. The number of aromatic nitrogens is 3. The molecule has 0 aliphatic carbocycles. The zero-order valence-electron chi connectivity index (χ0n) is 14.9. The molecule has 2 aromatic carbocycles. The maximum Gasteiger partial charge on any atom is 0.258 e. The summed E-state index contributed by atoms with van der Waals surface area (Å²) in [7, 11) is 0. The van der Waals surface area contributed by atoms with Gasteiger partial charge in [0.05, 0.1) is 33.7 Å². The van der Waals surface area contributed by atoms with E-state index in [1.165, 1.54) is 22.5 Å². The Labute approximate surface area is 160 Å². The molecule has 6 heteroatoms. The lowest BCUT2D eigenvalue weighted by Crippen LogP contribution is -2.34. The zero-order valence-corrected chi connectivity index (χ0v) is 15.7. The second-order valence-electron chi connectivity index (χ2n) is 7.03. The summed E-state index contributed by atoms with van der Waals surface area (Å²) in [4.78, 5) is 27.3. The van der Waals surface area contributed by atoms with Crippen LogP contribution in [0.5, 0.6) is 0 Å². The van der Waals surface area contributed by atoms with Crippen molar-refractivity contribution in [3.8, 4) is 0 Å². The highest BCUT2D eigenvalue weighted by Crippen LogP contribution is 2.36. The van der Waals surface area contributed by atoms with Gasteiger partial charge in [-0.2, -0.15) is 0 Å². The Hall–Kier alpha value is -2.57. The van der Waals surface area contributed by atoms with Crippen molar-refractivity contribution >= 4 is 32.5 Å². The van der Waals surface area contributed by atoms with Crippen molar-refractivity contribution in [2.45, 2.75) is 31.8 Å². The number of aromatic amines is 1. The lowest BCUT2D eigenvalue weighted by Gasteiger charge is -2.34. The molecule has 1 fully saturated rings. The third-order valence-electron chi connectivity index (χ3n) is 5.22. The highest BCUT2D eigenvalue weighted by atomic mass is 32.1. The monoisotopic (exact) mass is 376 g/mol. The molecule has 0 radical (unpaired) electrons. The Kier molecular flexibility index (Phi) is 4.22. The van der Waals surface area contributed by atoms with E-state index in [1.807, 2.05) is 30.3 Å². The minimum Gasteiger partial charge on any atom is -0.309 e. The first kappa shape index (κ1) is 16.6. The summed E-state index contributed by atoms with van der Waals surface area (Å²) in [6.45, 7) is 1.64. The van der Waals surface area contributed by atoms with E-state index in [9.17, 15) is 4.79 Å². The van der Waals surface area contributed by atoms with Gasteiger partial charge in [0.2, 0.25) is 0 Å². The van der Waals surface area contributed by atoms with E-state index in [2.05, 4.69) is 33.1 Å². The van der Waals surface area contributed by atoms with E-state index in [4.69, 9.17) is 4.98 Å². The fourth-order valence-corrected chi connectivity index (χ4v) is 5.03. The van der Waals surface area contributed by atoms with E-state index in [-0.39, 0.29) is 11.6 Å². The fourth-order valence-electron chi connectivity index (χ4n) is 3.89. The summed E-state index contributed by atoms with van der Waals surface area (Å²) in [6, 6.07) is 16.1. The van der Waals surface area contributed by atoms with Crippen LogP contribution in [0.2, 0.25) is 0 Å². The van der Waals surface area contributed by atoms with Crippen LogP contribution < -0.4 is 5.56 Å². The molecule has 1 N–H and O–H groups in total. The molecule has 27 heavy (non-hydrogen) atoms. The molecule has 5 nitrogen and oxygen atoms in total. The number of hydrogen-bond donors (Lipinski definition) is 1. The van der Waals surface area contributed by atoms with Gasteiger partial charge in [0.1, 0.15) is 10.8 Å². The molecular weight excluding hydrogens is 356 g/mol. The highest BCUT2D eigenvalue weighted by molar-refractivity contribution is 7.18. The standard InChI is InChI=1S/C21H20N4OS/c26-20-14-7-1-2-8-15(14)22-19(24-20)13-25-12-6-5-10-17(25)21-23-16-9-3-4-11-18(16)27-21/h1-4,7-9,11,17H,5-6,10,12-13H2,(H,22,24,26). The van der Waals surface area contributed by atoms with Crippen molar-refractivity contribution in [3.05, 3.63) is 69.7 Å². The van der Waals surface area contributed by atoms with Crippen molar-refractivity contribution in [1.29, 1.82) is 0 Å². The number of H-pyrrole nitrogens is 1. The SMILES string of the molecule is O=c1[nH]c(CN2CCCCC2c2nc3ccccc3s2)nc2ccccc12. The summed E-state index contributed by atoms with van der Waals surface area (Å²) in [5.41, 5.74) is 1.76. The zero-order chi connectivity index (χ0) is 18.2. The number of nitrogens with one attached hydrogen (secondary N) is 1. The Bertz CT molecular complexity index is 1130. The largest absolute Gasteiger partial charge is 0.309 e. The minimum atomic E-state index is -0.0656. The van der Waals surface area contributed by atoms with Crippen LogP contribution in [-0.2, 0) is 6.54 Å². The van der Waals surface area contributed by atoms with Crippen molar-refractivity contribution < 1.29 is 0 Å². The van der Waals surface area contributed by atoms with E-state index in [1.54, 1.807) is 11.3 Å². The lowest BCUT2D eigenvalue weighted by molar-refractivity contribution is 0.137. The Morgan fingerprint density at radius 1 is 1.04 bits per heavy atom. The number of rotatable bonds is 3. The molecule has 5 rings (SSSR count). The number of para-hydroxylation sites is 2.